The Morgan fingerprint density at radius 3 is 2.61 bits per heavy atom. The lowest BCUT2D eigenvalue weighted by Gasteiger charge is -2.17. The number of nitriles is 1. The van der Waals surface area contributed by atoms with Gasteiger partial charge in [-0.25, -0.2) is 0 Å². The molecule has 4 nitrogen and oxygen atoms in total. The molecule has 18 heavy (non-hydrogen) atoms. The van der Waals surface area contributed by atoms with Gasteiger partial charge in [-0.05, 0) is 31.5 Å². The van der Waals surface area contributed by atoms with Crippen LogP contribution in [0.1, 0.15) is 25.0 Å². The molecule has 0 aliphatic heterocycles. The van der Waals surface area contributed by atoms with E-state index in [1.807, 2.05) is 32.0 Å². The predicted octanol–water partition coefficient (Wildman–Crippen LogP) is 2.05. The summed E-state index contributed by atoms with van der Waals surface area (Å²) < 4.78 is 10.9. The van der Waals surface area contributed by atoms with E-state index in [2.05, 4.69) is 11.4 Å². The fraction of sp³-hybridized carbons (Fsp3) is 0.500. The maximum Gasteiger partial charge on any atom is 0.169 e. The molecule has 0 atom stereocenters. The second kappa shape index (κ2) is 8.65. The molecule has 1 aromatic rings. The van der Waals surface area contributed by atoms with E-state index in [1.54, 1.807) is 6.07 Å². The molecule has 0 fully saturated rings. The molecular weight excluding hydrogens is 228 g/mol. The maximum atomic E-state index is 8.81. The van der Waals surface area contributed by atoms with Crippen molar-refractivity contribution in [2.24, 2.45) is 0 Å². The Balaban J connectivity index is 2.37. The number of hydrogen-bond donors (Lipinski definition) is 1. The Hall–Kier alpha value is -1.41. The molecule has 1 aromatic carbocycles. The van der Waals surface area contributed by atoms with E-state index in [9.17, 15) is 0 Å². The minimum absolute atomic E-state index is 0.209. The Bertz CT molecular complexity index is 382. The minimum Gasteiger partial charge on any atom is -0.352 e. The molecule has 0 heterocycles. The largest absolute Gasteiger partial charge is 0.352 e. The van der Waals surface area contributed by atoms with Gasteiger partial charge in [-0.1, -0.05) is 12.1 Å². The molecule has 98 valence electrons. The average molecular weight is 248 g/mol. The van der Waals surface area contributed by atoms with Crippen LogP contribution in [0.5, 0.6) is 0 Å². The van der Waals surface area contributed by atoms with Crippen LogP contribution in [-0.4, -0.2) is 26.0 Å². The van der Waals surface area contributed by atoms with Crippen molar-refractivity contribution < 1.29 is 9.47 Å². The molecular formula is C14H20N2O2. The summed E-state index contributed by atoms with van der Waals surface area (Å²) in [7, 11) is 0. The number of rotatable bonds is 8. The van der Waals surface area contributed by atoms with E-state index in [1.165, 1.54) is 0 Å². The molecule has 0 aliphatic rings. The predicted molar refractivity (Wildman–Crippen MR) is 69.9 cm³/mol. The van der Waals surface area contributed by atoms with Gasteiger partial charge < -0.3 is 14.8 Å². The molecule has 0 unspecified atom stereocenters. The van der Waals surface area contributed by atoms with Crippen molar-refractivity contribution in [3.05, 3.63) is 35.4 Å². The number of hydrogen-bond acceptors (Lipinski definition) is 4. The SMILES string of the molecule is CCOC(CNCc1cccc(C#N)c1)OCC. The number of nitrogens with one attached hydrogen (secondary N) is 1. The Labute approximate surface area is 109 Å². The fourth-order valence-corrected chi connectivity index (χ4v) is 1.62. The van der Waals surface area contributed by atoms with Crippen LogP contribution in [0.15, 0.2) is 24.3 Å². The van der Waals surface area contributed by atoms with Crippen molar-refractivity contribution in [3.63, 3.8) is 0 Å². The molecule has 0 saturated carbocycles. The second-order valence-electron chi connectivity index (χ2n) is 3.78. The molecule has 1 rings (SSSR count). The van der Waals surface area contributed by atoms with E-state index < -0.39 is 0 Å². The highest BCUT2D eigenvalue weighted by molar-refractivity contribution is 5.32. The van der Waals surface area contributed by atoms with Gasteiger partial charge in [0.25, 0.3) is 0 Å². The average Bonchev–Trinajstić information content (AvgIpc) is 2.39. The van der Waals surface area contributed by atoms with Gasteiger partial charge in [0, 0.05) is 26.3 Å². The van der Waals surface area contributed by atoms with E-state index in [0.29, 0.717) is 31.9 Å². The van der Waals surface area contributed by atoms with E-state index in [4.69, 9.17) is 14.7 Å². The summed E-state index contributed by atoms with van der Waals surface area (Å²) in [6.45, 7) is 6.50. The van der Waals surface area contributed by atoms with Crippen molar-refractivity contribution in [1.82, 2.24) is 5.32 Å². The zero-order valence-corrected chi connectivity index (χ0v) is 11.0. The summed E-state index contributed by atoms with van der Waals surface area (Å²) in [5.74, 6) is 0. The molecule has 4 heteroatoms. The van der Waals surface area contributed by atoms with Crippen LogP contribution in [-0.2, 0) is 16.0 Å². The first-order valence-corrected chi connectivity index (χ1v) is 6.23. The lowest BCUT2D eigenvalue weighted by Crippen LogP contribution is -2.31. The molecule has 0 saturated heterocycles. The van der Waals surface area contributed by atoms with E-state index in [-0.39, 0.29) is 6.29 Å². The Morgan fingerprint density at radius 1 is 1.28 bits per heavy atom. The van der Waals surface area contributed by atoms with E-state index >= 15 is 0 Å². The number of benzene rings is 1. The summed E-state index contributed by atoms with van der Waals surface area (Å²) in [6, 6.07) is 9.68. The zero-order valence-electron chi connectivity index (χ0n) is 11.0. The summed E-state index contributed by atoms with van der Waals surface area (Å²) >= 11 is 0. The molecule has 0 amide bonds. The first kappa shape index (κ1) is 14.7. The monoisotopic (exact) mass is 248 g/mol. The highest BCUT2D eigenvalue weighted by Crippen LogP contribution is 2.04. The lowest BCUT2D eigenvalue weighted by atomic mass is 10.1. The van der Waals surface area contributed by atoms with Gasteiger partial charge in [0.1, 0.15) is 0 Å². The topological polar surface area (TPSA) is 54.3 Å². The molecule has 0 radical (unpaired) electrons. The molecule has 0 aromatic heterocycles. The first-order chi connectivity index (χ1) is 8.80. The van der Waals surface area contributed by atoms with Crippen LogP contribution in [0, 0.1) is 11.3 Å². The highest BCUT2D eigenvalue weighted by Gasteiger charge is 2.06. The molecule has 0 spiro atoms. The van der Waals surface area contributed by atoms with Crippen molar-refractivity contribution in [1.29, 1.82) is 5.26 Å². The van der Waals surface area contributed by atoms with Crippen LogP contribution in [0.25, 0.3) is 0 Å². The summed E-state index contributed by atoms with van der Waals surface area (Å²) in [6.07, 6.45) is -0.209. The quantitative estimate of drug-likeness (QED) is 0.715. The molecule has 1 N–H and O–H groups in total. The Morgan fingerprint density at radius 2 is 2.00 bits per heavy atom. The minimum atomic E-state index is -0.209. The van der Waals surface area contributed by atoms with Crippen molar-refractivity contribution in [2.45, 2.75) is 26.7 Å². The number of ether oxygens (including phenoxy) is 2. The third kappa shape index (κ3) is 5.28. The van der Waals surface area contributed by atoms with Crippen molar-refractivity contribution >= 4 is 0 Å². The molecule has 0 aliphatic carbocycles. The van der Waals surface area contributed by atoms with E-state index in [0.717, 1.165) is 5.56 Å². The standard InChI is InChI=1S/C14H20N2O2/c1-3-17-14(18-4-2)11-16-10-13-7-5-6-12(8-13)9-15/h5-8,14,16H,3-4,10-11H2,1-2H3. The summed E-state index contributed by atoms with van der Waals surface area (Å²) in [5.41, 5.74) is 1.77. The highest BCUT2D eigenvalue weighted by atomic mass is 16.7. The van der Waals surface area contributed by atoms with Gasteiger partial charge in [0.05, 0.1) is 11.6 Å². The first-order valence-electron chi connectivity index (χ1n) is 6.23. The van der Waals surface area contributed by atoms with Crippen LogP contribution in [0.3, 0.4) is 0 Å². The fourth-order valence-electron chi connectivity index (χ4n) is 1.62. The van der Waals surface area contributed by atoms with Crippen molar-refractivity contribution in [2.75, 3.05) is 19.8 Å². The molecule has 0 bridgehead atoms. The zero-order chi connectivity index (χ0) is 13.2. The third-order valence-electron chi connectivity index (χ3n) is 2.40. The van der Waals surface area contributed by atoms with Crippen molar-refractivity contribution in [3.8, 4) is 6.07 Å². The van der Waals surface area contributed by atoms with Crippen LogP contribution in [0.2, 0.25) is 0 Å². The van der Waals surface area contributed by atoms with Crippen LogP contribution in [0.4, 0.5) is 0 Å². The van der Waals surface area contributed by atoms with Gasteiger partial charge >= 0.3 is 0 Å². The van der Waals surface area contributed by atoms with Gasteiger partial charge in [-0.3, -0.25) is 0 Å². The number of nitrogens with zero attached hydrogens (tertiary/aromatic N) is 1. The normalized spacial score (nSPS) is 10.6. The summed E-state index contributed by atoms with van der Waals surface area (Å²) in [5, 5.41) is 12.1. The van der Waals surface area contributed by atoms with Gasteiger partial charge in [-0.2, -0.15) is 5.26 Å². The Kier molecular flexibility index (Phi) is 7.04. The lowest BCUT2D eigenvalue weighted by molar-refractivity contribution is -0.133. The summed E-state index contributed by atoms with van der Waals surface area (Å²) in [4.78, 5) is 0. The third-order valence-corrected chi connectivity index (χ3v) is 2.40. The van der Waals surface area contributed by atoms with Crippen LogP contribution >= 0.6 is 0 Å². The smallest absolute Gasteiger partial charge is 0.169 e. The van der Waals surface area contributed by atoms with Gasteiger partial charge in [0.2, 0.25) is 0 Å². The van der Waals surface area contributed by atoms with Gasteiger partial charge in [0.15, 0.2) is 6.29 Å². The maximum absolute atomic E-state index is 8.81. The van der Waals surface area contributed by atoms with Crippen LogP contribution < -0.4 is 5.32 Å². The van der Waals surface area contributed by atoms with Gasteiger partial charge in [-0.15, -0.1) is 0 Å². The second-order valence-corrected chi connectivity index (χ2v) is 3.78.